The zero-order valence-corrected chi connectivity index (χ0v) is 18.4. The van der Waals surface area contributed by atoms with Gasteiger partial charge >= 0.3 is 11.9 Å². The highest BCUT2D eigenvalue weighted by Gasteiger charge is 2.60. The topological polar surface area (TPSA) is 101 Å². The van der Waals surface area contributed by atoms with E-state index in [1.807, 2.05) is 0 Å². The van der Waals surface area contributed by atoms with E-state index in [0.717, 1.165) is 12.8 Å². The van der Waals surface area contributed by atoms with Crippen LogP contribution >= 0.6 is 11.6 Å². The molecule has 3 fully saturated rings. The van der Waals surface area contributed by atoms with Crippen molar-refractivity contribution in [2.75, 3.05) is 0 Å². The second kappa shape index (κ2) is 7.80. The maximum Gasteiger partial charge on any atom is 0.303 e. The molecule has 0 amide bonds. The molecule has 1 saturated heterocycles. The highest BCUT2D eigenvalue weighted by atomic mass is 35.5. The first kappa shape index (κ1) is 21.6. The largest absolute Gasteiger partial charge is 0.481 e. The minimum absolute atomic E-state index is 0.0888. The average molecular weight is 456 g/mol. The van der Waals surface area contributed by atoms with Gasteiger partial charge in [0.15, 0.2) is 0 Å². The fourth-order valence-corrected chi connectivity index (χ4v) is 7.06. The van der Waals surface area contributed by atoms with Crippen LogP contribution in [0.4, 0.5) is 0 Å². The number of ether oxygens (including phenoxy) is 1. The van der Waals surface area contributed by atoms with Crippen molar-refractivity contribution in [2.24, 2.45) is 11.3 Å². The van der Waals surface area contributed by atoms with Gasteiger partial charge in [0.2, 0.25) is 10.0 Å². The number of sulfonamides is 1. The highest BCUT2D eigenvalue weighted by molar-refractivity contribution is 7.89. The Hall–Kier alpha value is -1.64. The first-order valence-corrected chi connectivity index (χ1v) is 12.1. The summed E-state index contributed by atoms with van der Waals surface area (Å²) in [5.41, 5.74) is -0.614. The molecule has 4 rings (SSSR count). The van der Waals surface area contributed by atoms with Crippen molar-refractivity contribution in [2.45, 2.75) is 75.0 Å². The molecule has 3 aliphatic rings. The van der Waals surface area contributed by atoms with E-state index >= 15 is 0 Å². The molecule has 0 spiro atoms. The Morgan fingerprint density at radius 3 is 2.33 bits per heavy atom. The third-order valence-corrected chi connectivity index (χ3v) is 8.82. The fraction of sp³-hybridized carbons (Fsp3) is 0.619. The van der Waals surface area contributed by atoms with Crippen LogP contribution in [0.5, 0.6) is 0 Å². The van der Waals surface area contributed by atoms with E-state index in [-0.39, 0.29) is 23.3 Å². The number of benzene rings is 1. The molecule has 7 nitrogen and oxygen atoms in total. The van der Waals surface area contributed by atoms with Gasteiger partial charge in [-0.15, -0.1) is 0 Å². The molecule has 1 aliphatic heterocycles. The Morgan fingerprint density at radius 2 is 1.83 bits per heavy atom. The summed E-state index contributed by atoms with van der Waals surface area (Å²) in [5.74, 6) is -1.13. The highest BCUT2D eigenvalue weighted by Crippen LogP contribution is 2.58. The molecule has 0 radical (unpaired) electrons. The second-order valence-electron chi connectivity index (χ2n) is 8.85. The normalized spacial score (nSPS) is 28.7. The molecule has 1 aromatic carbocycles. The Labute approximate surface area is 181 Å². The molecule has 0 bridgehead atoms. The van der Waals surface area contributed by atoms with Gasteiger partial charge in [-0.1, -0.05) is 11.6 Å². The minimum Gasteiger partial charge on any atom is -0.481 e. The van der Waals surface area contributed by atoms with Crippen molar-refractivity contribution in [1.82, 2.24) is 4.31 Å². The van der Waals surface area contributed by atoms with E-state index in [1.54, 1.807) is 16.4 Å². The van der Waals surface area contributed by atoms with E-state index in [1.165, 1.54) is 19.1 Å². The molecule has 1 N–H and O–H groups in total. The Balaban J connectivity index is 1.76. The predicted molar refractivity (Wildman–Crippen MR) is 109 cm³/mol. The number of esters is 1. The summed E-state index contributed by atoms with van der Waals surface area (Å²) >= 11 is 5.95. The first-order chi connectivity index (χ1) is 14.1. The number of piperidine rings is 1. The van der Waals surface area contributed by atoms with Crippen molar-refractivity contribution < 1.29 is 27.9 Å². The lowest BCUT2D eigenvalue weighted by molar-refractivity contribution is -0.152. The van der Waals surface area contributed by atoms with Crippen LogP contribution in [0.3, 0.4) is 0 Å². The average Bonchev–Trinajstić information content (AvgIpc) is 3.56. The number of hydrogen-bond acceptors (Lipinski definition) is 5. The molecule has 9 heteroatoms. The fourth-order valence-electron chi connectivity index (χ4n) is 4.95. The van der Waals surface area contributed by atoms with Gasteiger partial charge in [0.25, 0.3) is 0 Å². The molecule has 0 unspecified atom stereocenters. The van der Waals surface area contributed by atoms with Crippen LogP contribution in [0.1, 0.15) is 51.9 Å². The lowest BCUT2D eigenvalue weighted by Gasteiger charge is -2.47. The summed E-state index contributed by atoms with van der Waals surface area (Å²) in [5, 5.41) is 9.93. The van der Waals surface area contributed by atoms with E-state index in [4.69, 9.17) is 16.3 Å². The third kappa shape index (κ3) is 4.22. The molecule has 30 heavy (non-hydrogen) atoms. The lowest BCUT2D eigenvalue weighted by atomic mass is 9.82. The van der Waals surface area contributed by atoms with Crippen LogP contribution in [0.25, 0.3) is 0 Å². The molecular weight excluding hydrogens is 430 g/mol. The van der Waals surface area contributed by atoms with E-state index < -0.39 is 39.5 Å². The molecule has 2 aliphatic carbocycles. The van der Waals surface area contributed by atoms with E-state index in [0.29, 0.717) is 30.7 Å². The number of carboxylic acid groups (broad SMARTS) is 1. The van der Waals surface area contributed by atoms with Gasteiger partial charge in [0.1, 0.15) is 6.10 Å². The Kier molecular flexibility index (Phi) is 5.61. The Bertz CT molecular complexity index is 939. The van der Waals surface area contributed by atoms with Gasteiger partial charge in [0.05, 0.1) is 11.3 Å². The summed E-state index contributed by atoms with van der Waals surface area (Å²) < 4.78 is 34.6. The summed E-state index contributed by atoms with van der Waals surface area (Å²) in [4.78, 5) is 23.4. The van der Waals surface area contributed by atoms with Crippen LogP contribution in [0.2, 0.25) is 5.02 Å². The molecule has 3 atom stereocenters. The number of hydrogen-bond donors (Lipinski definition) is 1. The van der Waals surface area contributed by atoms with Crippen molar-refractivity contribution in [1.29, 1.82) is 0 Å². The summed E-state index contributed by atoms with van der Waals surface area (Å²) in [7, 11) is -3.87. The number of nitrogens with zero attached hydrogens (tertiary/aromatic N) is 1. The molecule has 1 aromatic rings. The number of aliphatic carboxylic acids is 1. The van der Waals surface area contributed by atoms with Gasteiger partial charge in [-0.25, -0.2) is 8.42 Å². The van der Waals surface area contributed by atoms with Gasteiger partial charge in [0, 0.05) is 36.9 Å². The van der Waals surface area contributed by atoms with Crippen LogP contribution in [-0.4, -0.2) is 48.0 Å². The zero-order chi connectivity index (χ0) is 21.7. The van der Waals surface area contributed by atoms with Crippen LogP contribution in [-0.2, 0) is 24.3 Å². The molecule has 0 aromatic heterocycles. The minimum atomic E-state index is -3.87. The second-order valence-corrected chi connectivity index (χ2v) is 11.1. The maximum atomic E-state index is 13.8. The first-order valence-electron chi connectivity index (χ1n) is 10.3. The van der Waals surface area contributed by atoms with Crippen LogP contribution in [0.15, 0.2) is 29.2 Å². The van der Waals surface area contributed by atoms with Crippen molar-refractivity contribution in [3.05, 3.63) is 29.3 Å². The summed E-state index contributed by atoms with van der Waals surface area (Å²) in [6.45, 7) is 1.35. The van der Waals surface area contributed by atoms with Crippen LogP contribution in [0, 0.1) is 11.3 Å². The molecular formula is C21H26ClNO6S. The van der Waals surface area contributed by atoms with E-state index in [2.05, 4.69) is 0 Å². The van der Waals surface area contributed by atoms with Gasteiger partial charge < -0.3 is 9.84 Å². The SMILES string of the molecule is CC(=O)O[C@H]1C[C@@H](C2CC2)N(S(=O)(=O)c2ccc(Cl)cc2)[C@@H](C2(CC(=O)O)CC2)C1. The van der Waals surface area contributed by atoms with Crippen molar-refractivity contribution in [3.8, 4) is 0 Å². The number of rotatable bonds is 7. The monoisotopic (exact) mass is 455 g/mol. The maximum absolute atomic E-state index is 13.8. The van der Waals surface area contributed by atoms with Crippen molar-refractivity contribution in [3.63, 3.8) is 0 Å². The summed E-state index contributed by atoms with van der Waals surface area (Å²) in [6.07, 6.45) is 3.42. The van der Waals surface area contributed by atoms with Crippen LogP contribution < -0.4 is 0 Å². The van der Waals surface area contributed by atoms with Crippen molar-refractivity contribution >= 4 is 33.6 Å². The van der Waals surface area contributed by atoms with Gasteiger partial charge in [-0.3, -0.25) is 9.59 Å². The predicted octanol–water partition coefficient (Wildman–Crippen LogP) is 3.46. The zero-order valence-electron chi connectivity index (χ0n) is 16.8. The van der Waals surface area contributed by atoms with Gasteiger partial charge in [-0.2, -0.15) is 4.31 Å². The third-order valence-electron chi connectivity index (χ3n) is 6.61. The lowest BCUT2D eigenvalue weighted by Crippen LogP contribution is -2.58. The number of halogens is 1. The number of carbonyl (C=O) groups is 2. The number of carboxylic acids is 1. The quantitative estimate of drug-likeness (QED) is 0.632. The van der Waals surface area contributed by atoms with Gasteiger partial charge in [-0.05, 0) is 61.3 Å². The number of carbonyl (C=O) groups excluding carboxylic acids is 1. The standard InChI is InChI=1S/C21H26ClNO6S/c1-13(24)29-16-10-18(14-2-3-14)23(19(11-16)21(8-9-21)12-20(25)26)30(27,28)17-6-4-15(22)5-7-17/h4-7,14,16,18-19H,2-3,8-12H2,1H3,(H,25,26)/t16-,18-,19+/m0/s1. The molecule has 1 heterocycles. The van der Waals surface area contributed by atoms with E-state index in [9.17, 15) is 23.1 Å². The Morgan fingerprint density at radius 1 is 1.20 bits per heavy atom. The summed E-state index contributed by atoms with van der Waals surface area (Å²) in [6, 6.07) is 5.26. The smallest absolute Gasteiger partial charge is 0.303 e. The molecule has 164 valence electrons. The molecule has 2 saturated carbocycles.